The molecular formula is C11H13ClN2O. The van der Waals surface area contributed by atoms with E-state index < -0.39 is 0 Å². The Hall–Kier alpha value is -1.09. The Kier molecular flexibility index (Phi) is 2.91. The summed E-state index contributed by atoms with van der Waals surface area (Å²) in [6, 6.07) is 1.60. The lowest BCUT2D eigenvalue weighted by atomic mass is 9.81. The van der Waals surface area contributed by atoms with E-state index in [0.29, 0.717) is 22.9 Å². The van der Waals surface area contributed by atoms with Crippen LogP contribution < -0.4 is 5.73 Å². The van der Waals surface area contributed by atoms with Crippen molar-refractivity contribution >= 4 is 23.2 Å². The van der Waals surface area contributed by atoms with Crippen molar-refractivity contribution in [2.24, 2.45) is 5.92 Å². The molecule has 1 aromatic heterocycles. The van der Waals surface area contributed by atoms with Crippen LogP contribution in [0.4, 0.5) is 5.82 Å². The summed E-state index contributed by atoms with van der Waals surface area (Å²) in [7, 11) is 0. The molecule has 0 radical (unpaired) electrons. The number of nitrogen functional groups attached to an aromatic ring is 1. The number of anilines is 1. The van der Waals surface area contributed by atoms with E-state index in [-0.39, 0.29) is 11.6 Å². The first-order valence-corrected chi connectivity index (χ1v) is 5.49. The minimum absolute atomic E-state index is 0.0622. The van der Waals surface area contributed by atoms with Crippen LogP contribution in [0.1, 0.15) is 36.0 Å². The summed E-state index contributed by atoms with van der Waals surface area (Å²) in [5.41, 5.74) is 6.10. The molecule has 1 heterocycles. The van der Waals surface area contributed by atoms with Crippen LogP contribution in [0, 0.1) is 5.92 Å². The first-order valence-electron chi connectivity index (χ1n) is 5.11. The Balaban J connectivity index is 2.12. The van der Waals surface area contributed by atoms with Gasteiger partial charge in [-0.2, -0.15) is 0 Å². The maximum Gasteiger partial charge on any atom is 0.166 e. The van der Waals surface area contributed by atoms with Crippen LogP contribution in [-0.4, -0.2) is 10.8 Å². The average Bonchev–Trinajstić information content (AvgIpc) is 2.15. The number of aromatic nitrogens is 1. The molecule has 3 nitrogen and oxygen atoms in total. The lowest BCUT2D eigenvalue weighted by Gasteiger charge is -2.24. The molecule has 1 aromatic rings. The van der Waals surface area contributed by atoms with E-state index in [4.69, 9.17) is 17.3 Å². The molecule has 2 N–H and O–H groups in total. The molecule has 15 heavy (non-hydrogen) atoms. The minimum atomic E-state index is 0.0622. The maximum atomic E-state index is 11.8. The second-order valence-corrected chi connectivity index (χ2v) is 4.45. The summed E-state index contributed by atoms with van der Waals surface area (Å²) in [6.45, 7) is 0. The number of pyridine rings is 1. The van der Waals surface area contributed by atoms with Crippen LogP contribution in [0.3, 0.4) is 0 Å². The monoisotopic (exact) mass is 224 g/mol. The third-order valence-electron chi connectivity index (χ3n) is 2.88. The molecule has 1 fully saturated rings. The number of halogens is 1. The van der Waals surface area contributed by atoms with E-state index in [1.165, 1.54) is 12.6 Å². The predicted molar refractivity (Wildman–Crippen MR) is 59.9 cm³/mol. The number of rotatable bonds is 3. The van der Waals surface area contributed by atoms with Gasteiger partial charge in [0.2, 0.25) is 0 Å². The van der Waals surface area contributed by atoms with Crippen molar-refractivity contribution in [1.82, 2.24) is 4.98 Å². The van der Waals surface area contributed by atoms with E-state index in [9.17, 15) is 4.79 Å². The lowest BCUT2D eigenvalue weighted by Crippen LogP contribution is -2.17. The number of Topliss-reactive ketones (excluding diaryl/α,β-unsaturated/α-hetero) is 1. The van der Waals surface area contributed by atoms with Crippen LogP contribution >= 0.6 is 11.6 Å². The summed E-state index contributed by atoms with van der Waals surface area (Å²) in [5.74, 6) is 0.881. The van der Waals surface area contributed by atoms with E-state index in [1.54, 1.807) is 6.07 Å². The van der Waals surface area contributed by atoms with Crippen LogP contribution in [0.15, 0.2) is 12.3 Å². The van der Waals surface area contributed by atoms with Crippen molar-refractivity contribution in [2.75, 3.05) is 5.73 Å². The second-order valence-electron chi connectivity index (χ2n) is 4.01. The smallest absolute Gasteiger partial charge is 0.166 e. The molecule has 1 aliphatic rings. The highest BCUT2D eigenvalue weighted by Gasteiger charge is 2.22. The van der Waals surface area contributed by atoms with Gasteiger partial charge < -0.3 is 5.73 Å². The Labute approximate surface area is 93.6 Å². The maximum absolute atomic E-state index is 11.8. The molecule has 80 valence electrons. The Bertz CT molecular complexity index is 388. The number of nitrogens with two attached hydrogens (primary N) is 1. The van der Waals surface area contributed by atoms with E-state index in [2.05, 4.69) is 4.98 Å². The molecular weight excluding hydrogens is 212 g/mol. The van der Waals surface area contributed by atoms with Gasteiger partial charge in [-0.3, -0.25) is 4.79 Å². The third kappa shape index (κ3) is 2.29. The van der Waals surface area contributed by atoms with Crippen LogP contribution in [0.25, 0.3) is 0 Å². The normalized spacial score (nSPS) is 16.1. The van der Waals surface area contributed by atoms with Gasteiger partial charge in [-0.1, -0.05) is 30.9 Å². The molecule has 0 aromatic carbocycles. The fraction of sp³-hybridized carbons (Fsp3) is 0.455. The standard InChI is InChI=1S/C11H13ClN2O/c12-8-5-9(11(13)14-6-8)10(15)4-7-2-1-3-7/h5-7H,1-4H2,(H2,13,14). The van der Waals surface area contributed by atoms with Gasteiger partial charge in [-0.15, -0.1) is 0 Å². The van der Waals surface area contributed by atoms with Crippen molar-refractivity contribution < 1.29 is 4.79 Å². The summed E-state index contributed by atoms with van der Waals surface area (Å²) in [4.78, 5) is 15.7. The second kappa shape index (κ2) is 4.19. The highest BCUT2D eigenvalue weighted by Crippen LogP contribution is 2.31. The fourth-order valence-corrected chi connectivity index (χ4v) is 1.90. The minimum Gasteiger partial charge on any atom is -0.383 e. The predicted octanol–water partition coefficient (Wildman–Crippen LogP) is 2.69. The molecule has 0 amide bonds. The number of hydrogen-bond donors (Lipinski definition) is 1. The quantitative estimate of drug-likeness (QED) is 0.804. The van der Waals surface area contributed by atoms with Gasteiger partial charge in [0.15, 0.2) is 5.78 Å². The highest BCUT2D eigenvalue weighted by atomic mass is 35.5. The summed E-state index contributed by atoms with van der Waals surface area (Å²) >= 11 is 5.78. The first-order chi connectivity index (χ1) is 7.16. The largest absolute Gasteiger partial charge is 0.383 e. The van der Waals surface area contributed by atoms with E-state index in [0.717, 1.165) is 12.8 Å². The topological polar surface area (TPSA) is 56.0 Å². The van der Waals surface area contributed by atoms with Crippen LogP contribution in [0.2, 0.25) is 5.02 Å². The third-order valence-corrected chi connectivity index (χ3v) is 3.09. The van der Waals surface area contributed by atoms with Crippen molar-refractivity contribution in [3.63, 3.8) is 0 Å². The zero-order chi connectivity index (χ0) is 10.8. The number of ketones is 1. The number of carbonyl (C=O) groups excluding carboxylic acids is 1. The zero-order valence-electron chi connectivity index (χ0n) is 8.37. The van der Waals surface area contributed by atoms with Gasteiger partial charge in [-0.05, 0) is 12.0 Å². The van der Waals surface area contributed by atoms with Crippen LogP contribution in [0.5, 0.6) is 0 Å². The molecule has 4 heteroatoms. The molecule has 1 aliphatic carbocycles. The van der Waals surface area contributed by atoms with Crippen LogP contribution in [-0.2, 0) is 0 Å². The number of nitrogens with zero attached hydrogens (tertiary/aromatic N) is 1. The molecule has 0 bridgehead atoms. The molecule has 0 atom stereocenters. The van der Waals surface area contributed by atoms with Crippen molar-refractivity contribution in [2.45, 2.75) is 25.7 Å². The Morgan fingerprint density at radius 1 is 1.60 bits per heavy atom. The summed E-state index contributed by atoms with van der Waals surface area (Å²) < 4.78 is 0. The molecule has 0 unspecified atom stereocenters. The van der Waals surface area contributed by atoms with Gasteiger partial charge in [0.25, 0.3) is 0 Å². The Morgan fingerprint density at radius 2 is 2.33 bits per heavy atom. The van der Waals surface area contributed by atoms with Crippen molar-refractivity contribution in [1.29, 1.82) is 0 Å². The summed E-state index contributed by atoms with van der Waals surface area (Å²) in [6.07, 6.45) is 5.57. The van der Waals surface area contributed by atoms with Gasteiger partial charge in [0.05, 0.1) is 10.6 Å². The van der Waals surface area contributed by atoms with Gasteiger partial charge >= 0.3 is 0 Å². The molecule has 0 spiro atoms. The van der Waals surface area contributed by atoms with Gasteiger partial charge in [-0.25, -0.2) is 4.98 Å². The molecule has 2 rings (SSSR count). The fourth-order valence-electron chi connectivity index (χ4n) is 1.74. The van der Waals surface area contributed by atoms with E-state index in [1.807, 2.05) is 0 Å². The zero-order valence-corrected chi connectivity index (χ0v) is 9.13. The van der Waals surface area contributed by atoms with Gasteiger partial charge in [0.1, 0.15) is 5.82 Å². The number of carbonyl (C=O) groups is 1. The van der Waals surface area contributed by atoms with Crippen molar-refractivity contribution in [3.8, 4) is 0 Å². The van der Waals surface area contributed by atoms with Gasteiger partial charge in [0, 0.05) is 12.6 Å². The highest BCUT2D eigenvalue weighted by molar-refractivity contribution is 6.31. The first kappa shape index (κ1) is 10.4. The Morgan fingerprint density at radius 3 is 2.93 bits per heavy atom. The number of hydrogen-bond acceptors (Lipinski definition) is 3. The summed E-state index contributed by atoms with van der Waals surface area (Å²) in [5, 5.41) is 0.459. The van der Waals surface area contributed by atoms with Crippen molar-refractivity contribution in [3.05, 3.63) is 22.8 Å². The molecule has 0 saturated heterocycles. The lowest BCUT2D eigenvalue weighted by molar-refractivity contribution is 0.0937. The average molecular weight is 225 g/mol. The SMILES string of the molecule is Nc1ncc(Cl)cc1C(=O)CC1CCC1. The molecule has 0 aliphatic heterocycles. The van der Waals surface area contributed by atoms with E-state index >= 15 is 0 Å². The molecule has 1 saturated carbocycles.